The van der Waals surface area contributed by atoms with Gasteiger partial charge in [-0.1, -0.05) is 17.3 Å². The third kappa shape index (κ3) is 4.98. The Morgan fingerprint density at radius 1 is 1.11 bits per heavy atom. The number of aliphatic hydroxyl groups is 4. The van der Waals surface area contributed by atoms with Crippen LogP contribution in [0.1, 0.15) is 17.5 Å². The topological polar surface area (TPSA) is 186 Å². The molecule has 36 heavy (non-hydrogen) atoms. The van der Waals surface area contributed by atoms with Crippen molar-refractivity contribution in [2.45, 2.75) is 37.3 Å². The lowest BCUT2D eigenvalue weighted by molar-refractivity contribution is -0.254. The van der Waals surface area contributed by atoms with E-state index in [1.165, 1.54) is 41.8 Å². The van der Waals surface area contributed by atoms with Gasteiger partial charge in [0.15, 0.2) is 6.23 Å². The van der Waals surface area contributed by atoms with Gasteiger partial charge >= 0.3 is 5.69 Å². The molecule has 1 aliphatic heterocycles. The molecule has 4 N–H and O–H groups in total. The fourth-order valence-corrected chi connectivity index (χ4v) is 3.66. The second-order valence-corrected chi connectivity index (χ2v) is 8.24. The summed E-state index contributed by atoms with van der Waals surface area (Å²) < 4.78 is 14.7. The average Bonchev–Trinajstić information content (AvgIpc) is 3.35. The molecule has 3 aromatic rings. The zero-order valence-electron chi connectivity index (χ0n) is 19.4. The van der Waals surface area contributed by atoms with E-state index >= 15 is 0 Å². The normalized spacial score (nSPS) is 24.3. The van der Waals surface area contributed by atoms with Gasteiger partial charge in [0.2, 0.25) is 0 Å². The molecular weight excluding hydrogens is 476 g/mol. The molecule has 2 aromatic heterocycles. The van der Waals surface area contributed by atoms with Crippen LogP contribution >= 0.6 is 0 Å². The van der Waals surface area contributed by atoms with Crippen LogP contribution in [0.2, 0.25) is 0 Å². The van der Waals surface area contributed by atoms with E-state index < -0.39 is 48.5 Å². The van der Waals surface area contributed by atoms with Gasteiger partial charge in [-0.25, -0.2) is 14.5 Å². The van der Waals surface area contributed by atoms with Gasteiger partial charge in [0.05, 0.1) is 12.8 Å². The van der Waals surface area contributed by atoms with E-state index in [1.807, 2.05) is 0 Å². The van der Waals surface area contributed by atoms with Crippen LogP contribution in [0.3, 0.4) is 0 Å². The number of para-hydroxylation sites is 1. The first-order valence-corrected chi connectivity index (χ1v) is 11.0. The van der Waals surface area contributed by atoms with Gasteiger partial charge in [-0.2, -0.15) is 0 Å². The van der Waals surface area contributed by atoms with E-state index in [1.54, 1.807) is 24.3 Å². The molecule has 1 saturated heterocycles. The van der Waals surface area contributed by atoms with E-state index in [9.17, 15) is 30.0 Å². The van der Waals surface area contributed by atoms with E-state index in [4.69, 9.17) is 9.47 Å². The van der Waals surface area contributed by atoms with Crippen LogP contribution in [0.5, 0.6) is 5.75 Å². The SMILES string of the molecule is Cn1c(/N=C/c2ccccc2OCc2cn([C@@H]3O[C@H](CO)[C@@H](O)[C@H](O)[C@H]3O)nn2)cc(=O)n(C)c1=O. The Bertz CT molecular complexity index is 1360. The van der Waals surface area contributed by atoms with E-state index in [-0.39, 0.29) is 12.4 Å². The van der Waals surface area contributed by atoms with Gasteiger partial charge in [0.25, 0.3) is 5.56 Å². The summed E-state index contributed by atoms with van der Waals surface area (Å²) in [5.41, 5.74) is -0.0291. The fourth-order valence-electron chi connectivity index (χ4n) is 3.66. The lowest BCUT2D eigenvalue weighted by atomic mass is 9.98. The van der Waals surface area contributed by atoms with Crippen molar-refractivity contribution in [2.75, 3.05) is 6.61 Å². The number of rotatable bonds is 7. The summed E-state index contributed by atoms with van der Waals surface area (Å²) in [5.74, 6) is 0.623. The maximum Gasteiger partial charge on any atom is 0.332 e. The number of nitrogens with zero attached hydrogens (tertiary/aromatic N) is 6. The molecule has 1 aromatic carbocycles. The highest BCUT2D eigenvalue weighted by molar-refractivity contribution is 5.85. The Kier molecular flexibility index (Phi) is 7.42. The predicted molar refractivity (Wildman–Crippen MR) is 124 cm³/mol. The minimum Gasteiger partial charge on any atom is -0.486 e. The van der Waals surface area contributed by atoms with Crippen molar-refractivity contribution in [3.8, 4) is 5.75 Å². The Morgan fingerprint density at radius 2 is 1.86 bits per heavy atom. The second kappa shape index (κ2) is 10.5. The summed E-state index contributed by atoms with van der Waals surface area (Å²) in [7, 11) is 2.89. The Labute approximate surface area is 203 Å². The number of ether oxygens (including phenoxy) is 2. The minimum absolute atomic E-state index is 0.0212. The van der Waals surface area contributed by atoms with Gasteiger partial charge in [-0.15, -0.1) is 5.10 Å². The van der Waals surface area contributed by atoms with Gasteiger partial charge in [-0.3, -0.25) is 13.9 Å². The van der Waals surface area contributed by atoms with Crippen molar-refractivity contribution in [1.82, 2.24) is 24.1 Å². The first kappa shape index (κ1) is 25.4. The molecule has 14 heteroatoms. The smallest absolute Gasteiger partial charge is 0.332 e. The van der Waals surface area contributed by atoms with Crippen LogP contribution in [0.4, 0.5) is 5.82 Å². The summed E-state index contributed by atoms with van der Waals surface area (Å²) in [5, 5.41) is 47.4. The highest BCUT2D eigenvalue weighted by Crippen LogP contribution is 2.28. The molecule has 0 spiro atoms. The lowest BCUT2D eigenvalue weighted by Crippen LogP contribution is -2.56. The van der Waals surface area contributed by atoms with Crippen molar-refractivity contribution >= 4 is 12.0 Å². The Hall–Kier alpha value is -3.69. The van der Waals surface area contributed by atoms with Crippen molar-refractivity contribution in [1.29, 1.82) is 0 Å². The van der Waals surface area contributed by atoms with Gasteiger partial charge in [0.1, 0.15) is 48.3 Å². The summed E-state index contributed by atoms with van der Waals surface area (Å²) in [6.07, 6.45) is -3.86. The summed E-state index contributed by atoms with van der Waals surface area (Å²) in [6, 6.07) is 8.21. The molecule has 4 rings (SSSR count). The van der Waals surface area contributed by atoms with Crippen LogP contribution in [0.15, 0.2) is 51.1 Å². The first-order chi connectivity index (χ1) is 17.2. The highest BCUT2D eigenvalue weighted by atomic mass is 16.6. The highest BCUT2D eigenvalue weighted by Gasteiger charge is 2.44. The van der Waals surface area contributed by atoms with Crippen LogP contribution in [0.25, 0.3) is 0 Å². The minimum atomic E-state index is -1.54. The van der Waals surface area contributed by atoms with E-state index in [0.29, 0.717) is 17.0 Å². The number of benzene rings is 1. The van der Waals surface area contributed by atoms with Gasteiger partial charge < -0.3 is 29.9 Å². The van der Waals surface area contributed by atoms with Crippen molar-refractivity contribution in [2.24, 2.45) is 19.1 Å². The molecule has 1 fully saturated rings. The van der Waals surface area contributed by atoms with Crippen molar-refractivity contribution in [3.63, 3.8) is 0 Å². The third-order valence-corrected chi connectivity index (χ3v) is 5.82. The molecule has 0 saturated carbocycles. The molecule has 0 radical (unpaired) electrons. The standard InChI is InChI=1S/C22H26N6O8/c1-26-16(7-17(30)27(2)22(26)34)23-8-12-5-3-4-6-14(12)35-11-13-9-28(25-24-13)21-20(33)19(32)18(31)15(10-29)36-21/h3-9,15,18-21,29,31-33H,10-11H2,1-2H3/b23-8+/t15-,18-,19+,20-,21-/m1/s1. The van der Waals surface area contributed by atoms with E-state index in [2.05, 4.69) is 15.3 Å². The molecular formula is C22H26N6O8. The molecule has 1 aliphatic rings. The maximum absolute atomic E-state index is 12.1. The number of aliphatic imine (C=N–C) groups is 1. The summed E-state index contributed by atoms with van der Waals surface area (Å²) in [4.78, 5) is 28.3. The van der Waals surface area contributed by atoms with Gasteiger partial charge in [0, 0.05) is 31.9 Å². The molecule has 14 nitrogen and oxygen atoms in total. The average molecular weight is 502 g/mol. The monoisotopic (exact) mass is 502 g/mol. The number of aromatic nitrogens is 5. The largest absolute Gasteiger partial charge is 0.486 e. The zero-order valence-corrected chi connectivity index (χ0v) is 19.4. The van der Waals surface area contributed by atoms with Crippen LogP contribution in [-0.2, 0) is 25.4 Å². The Morgan fingerprint density at radius 3 is 2.61 bits per heavy atom. The molecule has 0 unspecified atom stereocenters. The van der Waals surface area contributed by atoms with Crippen LogP contribution in [-0.4, -0.2) is 81.8 Å². The number of aliphatic hydroxyl groups excluding tert-OH is 4. The zero-order chi connectivity index (χ0) is 26.0. The van der Waals surface area contributed by atoms with Gasteiger partial charge in [-0.05, 0) is 12.1 Å². The third-order valence-electron chi connectivity index (χ3n) is 5.82. The fraction of sp³-hybridized carbons (Fsp3) is 0.409. The molecule has 0 amide bonds. The summed E-state index contributed by atoms with van der Waals surface area (Å²) >= 11 is 0. The van der Waals surface area contributed by atoms with Crippen LogP contribution < -0.4 is 16.0 Å². The molecule has 5 atom stereocenters. The summed E-state index contributed by atoms with van der Waals surface area (Å²) in [6.45, 7) is -0.581. The second-order valence-electron chi connectivity index (χ2n) is 8.24. The van der Waals surface area contributed by atoms with Crippen molar-refractivity contribution in [3.05, 3.63) is 68.6 Å². The first-order valence-electron chi connectivity index (χ1n) is 11.0. The number of hydrogen-bond donors (Lipinski definition) is 4. The molecule has 0 aliphatic carbocycles. The predicted octanol–water partition coefficient (Wildman–Crippen LogP) is -2.02. The maximum atomic E-state index is 12.1. The lowest BCUT2D eigenvalue weighted by Gasteiger charge is -2.39. The Balaban J connectivity index is 1.48. The van der Waals surface area contributed by atoms with E-state index in [0.717, 1.165) is 4.57 Å². The number of hydrogen-bond acceptors (Lipinski definition) is 11. The van der Waals surface area contributed by atoms with Crippen LogP contribution in [0, 0.1) is 0 Å². The molecule has 3 heterocycles. The quantitative estimate of drug-likeness (QED) is 0.263. The molecule has 192 valence electrons. The molecule has 0 bridgehead atoms. The van der Waals surface area contributed by atoms with Crippen molar-refractivity contribution < 1.29 is 29.9 Å².